The minimum Gasteiger partial charge on any atom is -0.317 e. The van der Waals surface area contributed by atoms with E-state index in [1.54, 1.807) is 11.8 Å². The standard InChI is InChI=1S/C11H25N5O/c1-11(17)16-9-14-7-5-12-3-2-4-13-6-8-15-10-16/h12-15H,2-10H2,1H3. The Bertz CT molecular complexity index is 198. The number of nitrogens with zero attached hydrogens (tertiary/aromatic N) is 1. The largest absolute Gasteiger partial charge is 0.317 e. The number of nitrogens with one attached hydrogen (secondary N) is 4. The van der Waals surface area contributed by atoms with E-state index in [0.29, 0.717) is 13.3 Å². The summed E-state index contributed by atoms with van der Waals surface area (Å²) in [7, 11) is 0. The Morgan fingerprint density at radius 2 is 1.29 bits per heavy atom. The minimum absolute atomic E-state index is 0.0954. The maximum absolute atomic E-state index is 11.4. The molecular formula is C11H25N5O. The zero-order valence-electron chi connectivity index (χ0n) is 10.7. The molecule has 0 radical (unpaired) electrons. The molecule has 6 heteroatoms. The van der Waals surface area contributed by atoms with Gasteiger partial charge in [-0.05, 0) is 19.5 Å². The Morgan fingerprint density at radius 3 is 1.76 bits per heavy atom. The second kappa shape index (κ2) is 9.35. The SMILES string of the molecule is CC(=O)N1CNCCNCCCNCCNC1. The highest BCUT2D eigenvalue weighted by molar-refractivity contribution is 5.73. The van der Waals surface area contributed by atoms with Gasteiger partial charge in [-0.15, -0.1) is 0 Å². The van der Waals surface area contributed by atoms with E-state index in [0.717, 1.165) is 45.7 Å². The molecule has 0 bridgehead atoms. The van der Waals surface area contributed by atoms with Crippen molar-refractivity contribution in [2.24, 2.45) is 0 Å². The Hall–Kier alpha value is -0.690. The van der Waals surface area contributed by atoms with E-state index in [1.165, 1.54) is 0 Å². The molecule has 0 saturated carbocycles. The lowest BCUT2D eigenvalue weighted by molar-refractivity contribution is -0.129. The quantitative estimate of drug-likeness (QED) is 0.417. The van der Waals surface area contributed by atoms with Crippen LogP contribution >= 0.6 is 0 Å². The van der Waals surface area contributed by atoms with Crippen molar-refractivity contribution in [3.8, 4) is 0 Å². The molecule has 0 spiro atoms. The normalized spacial score (nSPS) is 21.8. The van der Waals surface area contributed by atoms with Crippen LogP contribution in [0.3, 0.4) is 0 Å². The van der Waals surface area contributed by atoms with E-state index in [4.69, 9.17) is 0 Å². The number of hydrogen-bond donors (Lipinski definition) is 4. The van der Waals surface area contributed by atoms with Gasteiger partial charge >= 0.3 is 0 Å². The van der Waals surface area contributed by atoms with Crippen LogP contribution in [0.5, 0.6) is 0 Å². The zero-order valence-corrected chi connectivity index (χ0v) is 10.7. The molecule has 0 aromatic heterocycles. The number of hydrogen-bond acceptors (Lipinski definition) is 5. The fourth-order valence-electron chi connectivity index (χ4n) is 1.65. The van der Waals surface area contributed by atoms with Crippen LogP contribution in [0.15, 0.2) is 0 Å². The van der Waals surface area contributed by atoms with Crippen LogP contribution in [0, 0.1) is 0 Å². The molecule has 17 heavy (non-hydrogen) atoms. The summed E-state index contributed by atoms with van der Waals surface area (Å²) in [6, 6.07) is 0. The van der Waals surface area contributed by atoms with Crippen LogP contribution in [-0.4, -0.2) is 63.4 Å². The van der Waals surface area contributed by atoms with Crippen LogP contribution in [-0.2, 0) is 4.79 Å². The molecule has 1 heterocycles. The van der Waals surface area contributed by atoms with Crippen molar-refractivity contribution in [2.45, 2.75) is 13.3 Å². The van der Waals surface area contributed by atoms with Gasteiger partial charge in [-0.2, -0.15) is 0 Å². The summed E-state index contributed by atoms with van der Waals surface area (Å²) in [5.74, 6) is 0.0954. The molecule has 0 unspecified atom stereocenters. The van der Waals surface area contributed by atoms with Gasteiger partial charge in [0.15, 0.2) is 0 Å². The molecular weight excluding hydrogens is 218 g/mol. The molecule has 1 aliphatic heterocycles. The molecule has 1 amide bonds. The summed E-state index contributed by atoms with van der Waals surface area (Å²) in [6.07, 6.45) is 1.15. The lowest BCUT2D eigenvalue weighted by Gasteiger charge is -2.22. The highest BCUT2D eigenvalue weighted by atomic mass is 16.2. The van der Waals surface area contributed by atoms with Gasteiger partial charge in [-0.1, -0.05) is 0 Å². The average molecular weight is 243 g/mol. The smallest absolute Gasteiger partial charge is 0.221 e. The Morgan fingerprint density at radius 1 is 0.824 bits per heavy atom. The van der Waals surface area contributed by atoms with Gasteiger partial charge in [0.1, 0.15) is 0 Å². The third-order valence-electron chi connectivity index (χ3n) is 2.71. The molecule has 100 valence electrons. The fraction of sp³-hybridized carbons (Fsp3) is 0.909. The van der Waals surface area contributed by atoms with E-state index in [-0.39, 0.29) is 5.91 Å². The Labute approximate surface area is 104 Å². The third-order valence-corrected chi connectivity index (χ3v) is 2.71. The van der Waals surface area contributed by atoms with Crippen LogP contribution < -0.4 is 21.3 Å². The van der Waals surface area contributed by atoms with Gasteiger partial charge in [0.05, 0.1) is 13.3 Å². The second-order valence-corrected chi connectivity index (χ2v) is 4.23. The first-order valence-corrected chi connectivity index (χ1v) is 6.39. The van der Waals surface area contributed by atoms with Crippen molar-refractivity contribution < 1.29 is 4.79 Å². The van der Waals surface area contributed by atoms with Crippen molar-refractivity contribution in [1.29, 1.82) is 0 Å². The van der Waals surface area contributed by atoms with Crippen molar-refractivity contribution in [3.05, 3.63) is 0 Å². The minimum atomic E-state index is 0.0954. The maximum atomic E-state index is 11.4. The molecule has 0 aromatic carbocycles. The third kappa shape index (κ3) is 7.27. The number of amides is 1. The average Bonchev–Trinajstić information content (AvgIpc) is 2.31. The molecule has 6 nitrogen and oxygen atoms in total. The highest BCUT2D eigenvalue weighted by Crippen LogP contribution is 1.84. The molecule has 1 aliphatic rings. The number of carbonyl (C=O) groups excluding carboxylic acids is 1. The first kappa shape index (κ1) is 14.4. The van der Waals surface area contributed by atoms with Crippen molar-refractivity contribution in [1.82, 2.24) is 26.2 Å². The van der Waals surface area contributed by atoms with E-state index >= 15 is 0 Å². The van der Waals surface area contributed by atoms with Gasteiger partial charge < -0.3 is 15.5 Å². The molecule has 4 N–H and O–H groups in total. The Kier molecular flexibility index (Phi) is 7.91. The van der Waals surface area contributed by atoms with Crippen molar-refractivity contribution >= 4 is 5.91 Å². The van der Waals surface area contributed by atoms with Crippen LogP contribution in [0.1, 0.15) is 13.3 Å². The molecule has 0 atom stereocenters. The fourth-order valence-corrected chi connectivity index (χ4v) is 1.65. The molecule has 0 aliphatic carbocycles. The van der Waals surface area contributed by atoms with Gasteiger partial charge in [0.25, 0.3) is 0 Å². The van der Waals surface area contributed by atoms with Crippen LogP contribution in [0.2, 0.25) is 0 Å². The summed E-state index contributed by atoms with van der Waals surface area (Å²) < 4.78 is 0. The highest BCUT2D eigenvalue weighted by Gasteiger charge is 2.06. The summed E-state index contributed by atoms with van der Waals surface area (Å²) in [6.45, 7) is 8.56. The lowest BCUT2D eigenvalue weighted by atomic mass is 10.4. The van der Waals surface area contributed by atoms with Gasteiger partial charge in [-0.25, -0.2) is 0 Å². The van der Waals surface area contributed by atoms with Gasteiger partial charge in [0, 0.05) is 33.1 Å². The summed E-state index contributed by atoms with van der Waals surface area (Å²) in [5, 5.41) is 13.2. The van der Waals surface area contributed by atoms with Crippen molar-refractivity contribution in [3.63, 3.8) is 0 Å². The van der Waals surface area contributed by atoms with E-state index in [2.05, 4.69) is 21.3 Å². The monoisotopic (exact) mass is 243 g/mol. The summed E-state index contributed by atoms with van der Waals surface area (Å²) in [4.78, 5) is 13.1. The molecule has 1 rings (SSSR count). The van der Waals surface area contributed by atoms with Gasteiger partial charge in [0.2, 0.25) is 5.91 Å². The maximum Gasteiger partial charge on any atom is 0.221 e. The summed E-state index contributed by atoms with van der Waals surface area (Å²) in [5.41, 5.74) is 0. The van der Waals surface area contributed by atoms with Crippen LogP contribution in [0.4, 0.5) is 0 Å². The van der Waals surface area contributed by atoms with E-state index < -0.39 is 0 Å². The van der Waals surface area contributed by atoms with E-state index in [1.807, 2.05) is 0 Å². The second-order valence-electron chi connectivity index (χ2n) is 4.23. The van der Waals surface area contributed by atoms with E-state index in [9.17, 15) is 4.79 Å². The first-order chi connectivity index (χ1) is 8.30. The van der Waals surface area contributed by atoms with Gasteiger partial charge in [-0.3, -0.25) is 15.4 Å². The topological polar surface area (TPSA) is 68.4 Å². The number of carbonyl (C=O) groups is 1. The Balaban J connectivity index is 2.26. The lowest BCUT2D eigenvalue weighted by Crippen LogP contribution is -2.46. The molecule has 1 fully saturated rings. The predicted molar refractivity (Wildman–Crippen MR) is 68.6 cm³/mol. The first-order valence-electron chi connectivity index (χ1n) is 6.39. The number of rotatable bonds is 0. The predicted octanol–water partition coefficient (Wildman–Crippen LogP) is -1.49. The molecule has 1 saturated heterocycles. The summed E-state index contributed by atoms with van der Waals surface area (Å²) >= 11 is 0. The zero-order chi connectivity index (χ0) is 12.3. The molecule has 0 aromatic rings. The van der Waals surface area contributed by atoms with Crippen LogP contribution in [0.25, 0.3) is 0 Å². The van der Waals surface area contributed by atoms with Crippen molar-refractivity contribution in [2.75, 3.05) is 52.6 Å².